The summed E-state index contributed by atoms with van der Waals surface area (Å²) < 4.78 is 25.2. The number of alkyl halides is 2. The summed E-state index contributed by atoms with van der Waals surface area (Å²) in [6.45, 7) is 4.19. The van der Waals surface area contributed by atoms with Crippen LogP contribution in [0.25, 0.3) is 0 Å². The third-order valence-electron chi connectivity index (χ3n) is 2.13. The molecular formula is C8H16ClF2N. The van der Waals surface area contributed by atoms with Gasteiger partial charge in [0.05, 0.1) is 0 Å². The zero-order valence-electron chi connectivity index (χ0n) is 7.35. The Morgan fingerprint density at radius 1 is 1.25 bits per heavy atom. The second-order valence-corrected chi connectivity index (χ2v) is 3.20. The maximum Gasteiger partial charge on any atom is 0.250 e. The third-order valence-corrected chi connectivity index (χ3v) is 2.13. The molecule has 0 aromatic heterocycles. The molecule has 0 unspecified atom stereocenters. The monoisotopic (exact) mass is 199 g/mol. The van der Waals surface area contributed by atoms with Crippen LogP contribution < -0.4 is 0 Å². The molecule has 1 rings (SSSR count). The molecule has 0 atom stereocenters. The van der Waals surface area contributed by atoms with E-state index in [1.807, 2.05) is 0 Å². The zero-order valence-corrected chi connectivity index (χ0v) is 8.17. The summed E-state index contributed by atoms with van der Waals surface area (Å²) in [5, 5.41) is 0. The molecule has 0 bridgehead atoms. The molecule has 1 aliphatic rings. The number of halogens is 3. The fourth-order valence-electron chi connectivity index (χ4n) is 1.42. The molecule has 1 nitrogen and oxygen atoms in total. The van der Waals surface area contributed by atoms with Crippen LogP contribution in [0.15, 0.2) is 0 Å². The molecule has 0 aliphatic carbocycles. The molecule has 0 aromatic carbocycles. The van der Waals surface area contributed by atoms with Crippen LogP contribution in [-0.4, -0.2) is 30.5 Å². The predicted molar refractivity (Wildman–Crippen MR) is 48.2 cm³/mol. The zero-order chi connectivity index (χ0) is 8.32. The molecule has 1 heterocycles. The van der Waals surface area contributed by atoms with Gasteiger partial charge < -0.3 is 4.90 Å². The highest BCUT2D eigenvalue weighted by atomic mass is 35.5. The summed E-state index contributed by atoms with van der Waals surface area (Å²) in [5.74, 6) is -2.38. The largest absolute Gasteiger partial charge is 0.303 e. The van der Waals surface area contributed by atoms with Gasteiger partial charge in [0.25, 0.3) is 5.92 Å². The molecule has 4 heteroatoms. The number of rotatable bonds is 2. The number of piperidine rings is 1. The van der Waals surface area contributed by atoms with Crippen molar-refractivity contribution in [2.45, 2.75) is 32.1 Å². The van der Waals surface area contributed by atoms with Crippen LogP contribution in [0.2, 0.25) is 0 Å². The summed E-state index contributed by atoms with van der Waals surface area (Å²) in [5.41, 5.74) is 0. The van der Waals surface area contributed by atoms with Crippen LogP contribution in [-0.2, 0) is 0 Å². The van der Waals surface area contributed by atoms with E-state index in [-0.39, 0.29) is 25.2 Å². The van der Waals surface area contributed by atoms with Crippen LogP contribution in [0.3, 0.4) is 0 Å². The summed E-state index contributed by atoms with van der Waals surface area (Å²) in [6.07, 6.45) is 1.16. The van der Waals surface area contributed by atoms with Gasteiger partial charge >= 0.3 is 0 Å². The van der Waals surface area contributed by atoms with Gasteiger partial charge in [-0.05, 0) is 13.0 Å². The fraction of sp³-hybridized carbons (Fsp3) is 1.00. The second-order valence-electron chi connectivity index (χ2n) is 3.20. The minimum Gasteiger partial charge on any atom is -0.303 e. The van der Waals surface area contributed by atoms with Crippen molar-refractivity contribution in [1.82, 2.24) is 4.90 Å². The van der Waals surface area contributed by atoms with Crippen molar-refractivity contribution >= 4 is 12.4 Å². The van der Waals surface area contributed by atoms with Gasteiger partial charge in [-0.2, -0.15) is 0 Å². The highest BCUT2D eigenvalue weighted by molar-refractivity contribution is 5.85. The molecule has 0 amide bonds. The van der Waals surface area contributed by atoms with E-state index in [4.69, 9.17) is 0 Å². The Hall–Kier alpha value is 0.110. The smallest absolute Gasteiger partial charge is 0.250 e. The van der Waals surface area contributed by atoms with E-state index < -0.39 is 5.92 Å². The molecule has 74 valence electrons. The van der Waals surface area contributed by atoms with Crippen molar-refractivity contribution in [3.8, 4) is 0 Å². The normalized spacial score (nSPS) is 23.2. The topological polar surface area (TPSA) is 3.24 Å². The first-order chi connectivity index (χ1) is 5.14. The Kier molecular flexibility index (Phi) is 5.02. The number of nitrogens with zero attached hydrogens (tertiary/aromatic N) is 1. The first-order valence-electron chi connectivity index (χ1n) is 4.24. The molecule has 1 aliphatic heterocycles. The molecule has 0 saturated carbocycles. The maximum absolute atomic E-state index is 12.6. The van der Waals surface area contributed by atoms with Gasteiger partial charge in [0.2, 0.25) is 0 Å². The average molecular weight is 200 g/mol. The molecule has 1 saturated heterocycles. The molecule has 1 fully saturated rings. The predicted octanol–water partition coefficient (Wildman–Crippen LogP) is 2.55. The van der Waals surface area contributed by atoms with Gasteiger partial charge in [0.15, 0.2) is 0 Å². The third kappa shape index (κ3) is 3.68. The SMILES string of the molecule is CCCN1CCC(F)(F)CC1.Cl. The first-order valence-corrected chi connectivity index (χ1v) is 4.24. The lowest BCUT2D eigenvalue weighted by atomic mass is 10.1. The highest BCUT2D eigenvalue weighted by Gasteiger charge is 2.33. The summed E-state index contributed by atoms with van der Waals surface area (Å²) >= 11 is 0. The van der Waals surface area contributed by atoms with Crippen molar-refractivity contribution in [1.29, 1.82) is 0 Å². The van der Waals surface area contributed by atoms with E-state index >= 15 is 0 Å². The van der Waals surface area contributed by atoms with Crippen LogP contribution in [0.4, 0.5) is 8.78 Å². The lowest BCUT2D eigenvalue weighted by Crippen LogP contribution is -2.39. The van der Waals surface area contributed by atoms with Crippen molar-refractivity contribution in [2.75, 3.05) is 19.6 Å². The molecule has 0 spiro atoms. The quantitative estimate of drug-likeness (QED) is 0.661. The van der Waals surface area contributed by atoms with Crippen molar-refractivity contribution in [2.24, 2.45) is 0 Å². The van der Waals surface area contributed by atoms with Crippen LogP contribution >= 0.6 is 12.4 Å². The van der Waals surface area contributed by atoms with Gasteiger partial charge in [-0.3, -0.25) is 0 Å². The van der Waals surface area contributed by atoms with Crippen LogP contribution in [0.5, 0.6) is 0 Å². The van der Waals surface area contributed by atoms with Crippen molar-refractivity contribution in [3.63, 3.8) is 0 Å². The lowest BCUT2D eigenvalue weighted by molar-refractivity contribution is -0.0549. The summed E-state index contributed by atoms with van der Waals surface area (Å²) in [6, 6.07) is 0. The Labute approximate surface area is 78.5 Å². The molecule has 0 aromatic rings. The van der Waals surface area contributed by atoms with E-state index in [2.05, 4.69) is 11.8 Å². The van der Waals surface area contributed by atoms with E-state index in [9.17, 15) is 8.78 Å². The highest BCUT2D eigenvalue weighted by Crippen LogP contribution is 2.27. The standard InChI is InChI=1S/C8H15F2N.ClH/c1-2-5-11-6-3-8(9,10)4-7-11;/h2-7H2,1H3;1H. The Bertz CT molecular complexity index is 120. The molecule has 0 radical (unpaired) electrons. The van der Waals surface area contributed by atoms with Gasteiger partial charge in [-0.1, -0.05) is 6.92 Å². The number of hydrogen-bond donors (Lipinski definition) is 0. The fourth-order valence-corrected chi connectivity index (χ4v) is 1.42. The minimum atomic E-state index is -2.38. The molecule has 0 N–H and O–H groups in total. The van der Waals surface area contributed by atoms with Gasteiger partial charge in [-0.25, -0.2) is 8.78 Å². The number of likely N-dealkylation sites (tertiary alicyclic amines) is 1. The van der Waals surface area contributed by atoms with Crippen molar-refractivity contribution < 1.29 is 8.78 Å². The van der Waals surface area contributed by atoms with Gasteiger partial charge in [0, 0.05) is 25.9 Å². The van der Waals surface area contributed by atoms with Gasteiger partial charge in [-0.15, -0.1) is 12.4 Å². The lowest BCUT2D eigenvalue weighted by Gasteiger charge is -2.31. The van der Waals surface area contributed by atoms with Crippen molar-refractivity contribution in [3.05, 3.63) is 0 Å². The average Bonchev–Trinajstić information content (AvgIpc) is 1.94. The van der Waals surface area contributed by atoms with E-state index in [1.165, 1.54) is 0 Å². The molecular weight excluding hydrogens is 184 g/mol. The molecule has 12 heavy (non-hydrogen) atoms. The number of hydrogen-bond acceptors (Lipinski definition) is 1. The minimum absolute atomic E-state index is 0. The Morgan fingerprint density at radius 2 is 1.75 bits per heavy atom. The van der Waals surface area contributed by atoms with E-state index in [0.717, 1.165) is 13.0 Å². The second kappa shape index (κ2) is 4.97. The summed E-state index contributed by atoms with van der Waals surface area (Å²) in [4.78, 5) is 2.11. The Morgan fingerprint density at radius 3 is 2.17 bits per heavy atom. The maximum atomic E-state index is 12.6. The van der Waals surface area contributed by atoms with E-state index in [0.29, 0.717) is 13.1 Å². The first kappa shape index (κ1) is 12.1. The van der Waals surface area contributed by atoms with E-state index in [1.54, 1.807) is 0 Å². The van der Waals surface area contributed by atoms with Crippen LogP contribution in [0, 0.1) is 0 Å². The Balaban J connectivity index is 0.00000121. The van der Waals surface area contributed by atoms with Gasteiger partial charge in [0.1, 0.15) is 0 Å². The summed E-state index contributed by atoms with van der Waals surface area (Å²) in [7, 11) is 0. The van der Waals surface area contributed by atoms with Crippen LogP contribution in [0.1, 0.15) is 26.2 Å².